The van der Waals surface area contributed by atoms with Gasteiger partial charge in [-0.1, -0.05) is 212 Å². The van der Waals surface area contributed by atoms with E-state index in [0.29, 0.717) is 0 Å². The summed E-state index contributed by atoms with van der Waals surface area (Å²) in [6.45, 7) is 5.74. The molecular formula is C61H51N3O. The van der Waals surface area contributed by atoms with E-state index in [4.69, 9.17) is 10.2 Å². The lowest BCUT2D eigenvalue weighted by Crippen LogP contribution is -2.14. The number of nitrogens with two attached hydrogens (primary N) is 1. The van der Waals surface area contributed by atoms with Crippen molar-refractivity contribution in [1.82, 2.24) is 5.32 Å². The predicted octanol–water partition coefficient (Wildman–Crippen LogP) is 15.2. The Labute approximate surface area is 381 Å². The van der Waals surface area contributed by atoms with E-state index in [1.54, 1.807) is 0 Å². The van der Waals surface area contributed by atoms with Gasteiger partial charge in [0, 0.05) is 10.8 Å². The highest BCUT2D eigenvalue weighted by molar-refractivity contribution is 6.13. The Hall–Kier alpha value is -7.89. The Morgan fingerprint density at radius 3 is 1.85 bits per heavy atom. The van der Waals surface area contributed by atoms with E-state index in [2.05, 4.69) is 182 Å². The first-order valence-corrected chi connectivity index (χ1v) is 22.1. The van der Waals surface area contributed by atoms with Crippen molar-refractivity contribution in [2.75, 3.05) is 7.05 Å². The number of para-hydroxylation sites is 1. The normalized spacial score (nSPS) is 12.7. The minimum atomic E-state index is -0.174. The van der Waals surface area contributed by atoms with E-state index < -0.39 is 0 Å². The van der Waals surface area contributed by atoms with Crippen LogP contribution in [0.25, 0.3) is 66.2 Å². The van der Waals surface area contributed by atoms with Crippen LogP contribution in [0.4, 0.5) is 0 Å². The standard InChI is InChI=1S/C45H35NO.C16H16N2/c1-30-19-21-34(22-20-30)41-27-36(28-44-45(41)39-16-8-9-18-43(39)47-44)31-23-25-33(26-24-31)40(29-42(46-2)35-12-4-3-5-13-35)38-17-10-14-32-11-6-7-15-37(32)38;1-18-16(14-10-6-3-7-11-14)12-15(17)13-8-4-2-5-9-13/h3-29,42,46H,1-2H3;2-12,15H,1,17H2/b40-29+;16-12-. The van der Waals surface area contributed by atoms with Gasteiger partial charge in [-0.3, -0.25) is 4.99 Å². The molecule has 2 unspecified atom stereocenters. The summed E-state index contributed by atoms with van der Waals surface area (Å²) in [7, 11) is 2.03. The lowest BCUT2D eigenvalue weighted by molar-refractivity contribution is 0.669. The van der Waals surface area contributed by atoms with E-state index in [1.807, 2.05) is 79.9 Å². The van der Waals surface area contributed by atoms with Gasteiger partial charge in [0.15, 0.2) is 0 Å². The van der Waals surface area contributed by atoms with E-state index in [9.17, 15) is 0 Å². The first-order valence-electron chi connectivity index (χ1n) is 22.1. The Morgan fingerprint density at radius 2 is 1.15 bits per heavy atom. The number of fused-ring (bicyclic) bond motifs is 4. The smallest absolute Gasteiger partial charge is 0.136 e. The minimum Gasteiger partial charge on any atom is -0.456 e. The molecule has 1 aromatic heterocycles. The van der Waals surface area contributed by atoms with Crippen LogP contribution in [0.3, 0.4) is 0 Å². The third-order valence-electron chi connectivity index (χ3n) is 12.0. The van der Waals surface area contributed by atoms with Crippen LogP contribution < -0.4 is 11.1 Å². The fourth-order valence-corrected chi connectivity index (χ4v) is 8.59. The summed E-state index contributed by atoms with van der Waals surface area (Å²) in [4.78, 5) is 4.05. The van der Waals surface area contributed by atoms with E-state index >= 15 is 0 Å². The van der Waals surface area contributed by atoms with Crippen LogP contribution in [0.1, 0.15) is 45.5 Å². The second kappa shape index (κ2) is 19.7. The van der Waals surface area contributed by atoms with Crippen molar-refractivity contribution in [3.05, 3.63) is 264 Å². The molecular weight excluding hydrogens is 791 g/mol. The third-order valence-corrected chi connectivity index (χ3v) is 12.0. The molecule has 3 N–H and O–H groups in total. The van der Waals surface area contributed by atoms with Crippen LogP contribution in [0.15, 0.2) is 240 Å². The van der Waals surface area contributed by atoms with Gasteiger partial charge in [-0.05, 0) is 111 Å². The topological polar surface area (TPSA) is 63.5 Å². The van der Waals surface area contributed by atoms with Crippen molar-refractivity contribution in [3.8, 4) is 22.3 Å². The second-order valence-electron chi connectivity index (χ2n) is 16.2. The Balaban J connectivity index is 0.000000249. The molecule has 0 fully saturated rings. The summed E-state index contributed by atoms with van der Waals surface area (Å²) in [5.74, 6) is 0. The van der Waals surface area contributed by atoms with Gasteiger partial charge in [0.05, 0.1) is 17.8 Å². The number of aryl methyl sites for hydroxylation is 1. The van der Waals surface area contributed by atoms with Gasteiger partial charge in [-0.25, -0.2) is 0 Å². The molecule has 1 heterocycles. The Morgan fingerprint density at radius 1 is 0.554 bits per heavy atom. The van der Waals surface area contributed by atoms with Crippen molar-refractivity contribution < 1.29 is 4.42 Å². The zero-order valence-electron chi connectivity index (χ0n) is 36.7. The van der Waals surface area contributed by atoms with E-state index in [0.717, 1.165) is 49.9 Å². The van der Waals surface area contributed by atoms with Crippen LogP contribution in [-0.2, 0) is 0 Å². The Kier molecular flexibility index (Phi) is 12.8. The summed E-state index contributed by atoms with van der Waals surface area (Å²) in [6, 6.07) is 76.2. The summed E-state index contributed by atoms with van der Waals surface area (Å²) >= 11 is 0. The summed E-state index contributed by atoms with van der Waals surface area (Å²) in [6.07, 6.45) is 4.29. The largest absolute Gasteiger partial charge is 0.456 e. The number of benzene rings is 9. The number of hydrogen-bond acceptors (Lipinski definition) is 4. The van der Waals surface area contributed by atoms with Crippen molar-refractivity contribution in [2.45, 2.75) is 19.0 Å². The molecule has 0 amide bonds. The highest BCUT2D eigenvalue weighted by atomic mass is 16.3. The number of furan rings is 1. The highest BCUT2D eigenvalue weighted by Gasteiger charge is 2.17. The maximum Gasteiger partial charge on any atom is 0.136 e. The lowest BCUT2D eigenvalue weighted by Gasteiger charge is -2.18. The van der Waals surface area contributed by atoms with E-state index in [-0.39, 0.29) is 12.1 Å². The molecule has 0 radical (unpaired) electrons. The monoisotopic (exact) mass is 841 g/mol. The summed E-state index contributed by atoms with van der Waals surface area (Å²) in [5.41, 5.74) is 21.6. The number of nitrogens with one attached hydrogen (secondary N) is 1. The van der Waals surface area contributed by atoms with Gasteiger partial charge in [-0.15, -0.1) is 0 Å². The number of likely N-dealkylation sites (N-methyl/N-ethyl adjacent to an activating group) is 1. The number of nitrogens with zero attached hydrogens (tertiary/aromatic N) is 1. The molecule has 0 saturated heterocycles. The third kappa shape index (κ3) is 9.41. The van der Waals surface area contributed by atoms with Crippen LogP contribution in [0.5, 0.6) is 0 Å². The molecule has 65 heavy (non-hydrogen) atoms. The van der Waals surface area contributed by atoms with E-state index in [1.165, 1.54) is 49.7 Å². The van der Waals surface area contributed by atoms with Gasteiger partial charge in [0.2, 0.25) is 0 Å². The zero-order valence-corrected chi connectivity index (χ0v) is 36.7. The molecule has 4 nitrogen and oxygen atoms in total. The maximum atomic E-state index is 6.44. The predicted molar refractivity (Wildman–Crippen MR) is 276 cm³/mol. The Bertz CT molecular complexity index is 3250. The van der Waals surface area contributed by atoms with Crippen molar-refractivity contribution >= 4 is 50.7 Å². The van der Waals surface area contributed by atoms with Crippen LogP contribution in [0, 0.1) is 6.92 Å². The minimum absolute atomic E-state index is 0.0532. The zero-order chi connectivity index (χ0) is 44.5. The summed E-state index contributed by atoms with van der Waals surface area (Å²) in [5, 5.41) is 8.31. The van der Waals surface area contributed by atoms with Gasteiger partial charge in [0.25, 0.3) is 0 Å². The first-order chi connectivity index (χ1) is 32.0. The number of hydrogen-bond donors (Lipinski definition) is 2. The molecule has 0 aliphatic rings. The summed E-state index contributed by atoms with van der Waals surface area (Å²) < 4.78 is 6.44. The molecule has 316 valence electrons. The SMILES string of the molecule is C=N/C(=C\C(N)c1ccccc1)c1ccccc1.CNC(/C=C(\c1ccc(-c2cc(-c3ccc(C)cc3)c3c(c2)oc2ccccc23)cc1)c1cccc2ccccc12)c1ccccc1. The number of aliphatic imine (C=N–C) groups is 1. The average molecular weight is 842 g/mol. The maximum absolute atomic E-state index is 6.44. The fourth-order valence-electron chi connectivity index (χ4n) is 8.59. The molecule has 0 aliphatic heterocycles. The molecule has 0 bridgehead atoms. The molecule has 0 saturated carbocycles. The van der Waals surface area contributed by atoms with Crippen molar-refractivity contribution in [3.63, 3.8) is 0 Å². The molecule has 4 heteroatoms. The van der Waals surface area contributed by atoms with Gasteiger partial charge in [0.1, 0.15) is 11.2 Å². The molecule has 10 rings (SSSR count). The van der Waals surface area contributed by atoms with Crippen LogP contribution >= 0.6 is 0 Å². The molecule has 10 aromatic rings. The fraction of sp³-hybridized carbons (Fsp3) is 0.0656. The lowest BCUT2D eigenvalue weighted by atomic mass is 9.89. The molecule has 9 aromatic carbocycles. The van der Waals surface area contributed by atoms with Gasteiger partial charge < -0.3 is 15.5 Å². The molecule has 2 atom stereocenters. The highest BCUT2D eigenvalue weighted by Crippen LogP contribution is 2.41. The quantitative estimate of drug-likeness (QED) is 0.128. The van der Waals surface area contributed by atoms with Crippen LogP contribution in [-0.4, -0.2) is 13.8 Å². The molecule has 0 aliphatic carbocycles. The second-order valence-corrected chi connectivity index (χ2v) is 16.2. The van der Waals surface area contributed by atoms with Gasteiger partial charge >= 0.3 is 0 Å². The van der Waals surface area contributed by atoms with Crippen molar-refractivity contribution in [2.24, 2.45) is 10.7 Å². The number of rotatable bonds is 11. The van der Waals surface area contributed by atoms with Crippen LogP contribution in [0.2, 0.25) is 0 Å². The van der Waals surface area contributed by atoms with Gasteiger partial charge in [-0.2, -0.15) is 0 Å². The van der Waals surface area contributed by atoms with Crippen molar-refractivity contribution in [1.29, 1.82) is 0 Å². The molecule has 0 spiro atoms. The first kappa shape index (κ1) is 42.4. The average Bonchev–Trinajstić information content (AvgIpc) is 3.76.